The number of hydrogen-bond donors (Lipinski definition) is 1. The topological polar surface area (TPSA) is 74.6 Å². The number of anilines is 1. The molecule has 0 unspecified atom stereocenters. The number of methoxy groups -OCH3 is 1. The Morgan fingerprint density at radius 2 is 1.92 bits per heavy atom. The first-order valence-electron chi connectivity index (χ1n) is 7.52. The van der Waals surface area contributed by atoms with Crippen LogP contribution in [0.25, 0.3) is 0 Å². The molecule has 0 aliphatic rings. The van der Waals surface area contributed by atoms with Crippen molar-refractivity contribution >= 4 is 23.3 Å². The van der Waals surface area contributed by atoms with Crippen LogP contribution in [0.5, 0.6) is 11.5 Å². The SMILES string of the molecule is COc1ccc(OCCN(C)C(=O)Nc2ccc(C#N)c(Cl)c2)cc1. The standard InChI is InChI=1S/C18H18ClN3O3/c1-22(9-10-25-16-7-5-15(24-2)6-8-16)18(23)21-14-4-3-13(12-20)17(19)11-14/h3-8,11H,9-10H2,1-2H3,(H,21,23). The van der Waals surface area contributed by atoms with E-state index < -0.39 is 0 Å². The van der Waals surface area contributed by atoms with Crippen molar-refractivity contribution in [1.82, 2.24) is 4.90 Å². The zero-order chi connectivity index (χ0) is 18.2. The van der Waals surface area contributed by atoms with Gasteiger partial charge in [0.15, 0.2) is 0 Å². The molecule has 6 nitrogen and oxygen atoms in total. The average molecular weight is 360 g/mol. The van der Waals surface area contributed by atoms with E-state index in [0.717, 1.165) is 5.75 Å². The molecule has 2 amide bonds. The van der Waals surface area contributed by atoms with Crippen molar-refractivity contribution in [1.29, 1.82) is 5.26 Å². The molecule has 2 aromatic carbocycles. The van der Waals surface area contributed by atoms with E-state index in [1.165, 1.54) is 4.90 Å². The number of nitrogens with zero attached hydrogens (tertiary/aromatic N) is 2. The summed E-state index contributed by atoms with van der Waals surface area (Å²) in [7, 11) is 3.27. The normalized spacial score (nSPS) is 9.84. The number of carbonyl (C=O) groups excluding carboxylic acids is 1. The fourth-order valence-corrected chi connectivity index (χ4v) is 2.20. The third-order valence-electron chi connectivity index (χ3n) is 3.44. The highest BCUT2D eigenvalue weighted by atomic mass is 35.5. The number of ether oxygens (including phenoxy) is 2. The van der Waals surface area contributed by atoms with E-state index in [-0.39, 0.29) is 6.03 Å². The van der Waals surface area contributed by atoms with Crippen LogP contribution in [0.3, 0.4) is 0 Å². The molecule has 0 saturated carbocycles. The van der Waals surface area contributed by atoms with E-state index in [2.05, 4.69) is 5.32 Å². The maximum Gasteiger partial charge on any atom is 0.321 e. The van der Waals surface area contributed by atoms with Gasteiger partial charge in [-0.25, -0.2) is 4.79 Å². The minimum atomic E-state index is -0.292. The maximum absolute atomic E-state index is 12.1. The molecule has 0 radical (unpaired) electrons. The second kappa shape index (κ2) is 8.81. The van der Waals surface area contributed by atoms with Crippen molar-refractivity contribution < 1.29 is 14.3 Å². The van der Waals surface area contributed by atoms with E-state index in [9.17, 15) is 4.79 Å². The van der Waals surface area contributed by atoms with Crippen LogP contribution in [0.15, 0.2) is 42.5 Å². The number of rotatable bonds is 6. The first-order chi connectivity index (χ1) is 12.0. The molecule has 0 fully saturated rings. The van der Waals surface area contributed by atoms with Gasteiger partial charge in [0.25, 0.3) is 0 Å². The summed E-state index contributed by atoms with van der Waals surface area (Å²) in [5, 5.41) is 11.9. The fraction of sp³-hybridized carbons (Fsp3) is 0.222. The Hall–Kier alpha value is -2.91. The largest absolute Gasteiger partial charge is 0.497 e. The molecule has 0 atom stereocenters. The lowest BCUT2D eigenvalue weighted by molar-refractivity contribution is 0.207. The van der Waals surface area contributed by atoms with Crippen LogP contribution < -0.4 is 14.8 Å². The third kappa shape index (κ3) is 5.30. The van der Waals surface area contributed by atoms with Gasteiger partial charge in [-0.2, -0.15) is 5.26 Å². The van der Waals surface area contributed by atoms with Gasteiger partial charge in [0, 0.05) is 12.7 Å². The Morgan fingerprint density at radius 1 is 1.24 bits per heavy atom. The molecule has 0 aliphatic carbocycles. The van der Waals surface area contributed by atoms with Gasteiger partial charge in [-0.3, -0.25) is 0 Å². The maximum atomic E-state index is 12.1. The minimum Gasteiger partial charge on any atom is -0.497 e. The zero-order valence-corrected chi connectivity index (χ0v) is 14.7. The Bertz CT molecular complexity index is 772. The van der Waals surface area contributed by atoms with Gasteiger partial charge in [-0.05, 0) is 42.5 Å². The molecule has 0 spiro atoms. The fourth-order valence-electron chi connectivity index (χ4n) is 1.98. The summed E-state index contributed by atoms with van der Waals surface area (Å²) in [4.78, 5) is 13.6. The van der Waals surface area contributed by atoms with Crippen molar-refractivity contribution in [3.05, 3.63) is 53.1 Å². The summed E-state index contributed by atoms with van der Waals surface area (Å²) in [6.07, 6.45) is 0. The minimum absolute atomic E-state index is 0.292. The van der Waals surface area contributed by atoms with E-state index >= 15 is 0 Å². The lowest BCUT2D eigenvalue weighted by atomic mass is 10.2. The number of nitrogens with one attached hydrogen (secondary N) is 1. The molecule has 0 aliphatic heterocycles. The average Bonchev–Trinajstić information content (AvgIpc) is 2.62. The number of benzene rings is 2. The number of carbonyl (C=O) groups is 1. The van der Waals surface area contributed by atoms with E-state index in [0.29, 0.717) is 35.2 Å². The molecule has 2 rings (SSSR count). The molecule has 7 heteroatoms. The molecule has 2 aromatic rings. The van der Waals surface area contributed by atoms with Crippen LogP contribution in [0.1, 0.15) is 5.56 Å². The predicted octanol–water partition coefficient (Wildman–Crippen LogP) is 3.76. The lowest BCUT2D eigenvalue weighted by Crippen LogP contribution is -2.34. The van der Waals surface area contributed by atoms with E-state index in [4.69, 9.17) is 26.3 Å². The van der Waals surface area contributed by atoms with Crippen molar-refractivity contribution in [2.75, 3.05) is 32.6 Å². The molecule has 0 saturated heterocycles. The lowest BCUT2D eigenvalue weighted by Gasteiger charge is -2.18. The summed E-state index contributed by atoms with van der Waals surface area (Å²) < 4.78 is 10.7. The van der Waals surface area contributed by atoms with Crippen molar-refractivity contribution in [3.8, 4) is 17.6 Å². The van der Waals surface area contributed by atoms with Crippen LogP contribution in [0.2, 0.25) is 5.02 Å². The van der Waals surface area contributed by atoms with Gasteiger partial charge in [0.1, 0.15) is 24.2 Å². The van der Waals surface area contributed by atoms with Crippen LogP contribution >= 0.6 is 11.6 Å². The Kier molecular flexibility index (Phi) is 6.49. The Labute approximate surface area is 151 Å². The van der Waals surface area contributed by atoms with Gasteiger partial charge in [-0.15, -0.1) is 0 Å². The van der Waals surface area contributed by atoms with Crippen LogP contribution in [0, 0.1) is 11.3 Å². The van der Waals surface area contributed by atoms with Crippen molar-refractivity contribution in [2.45, 2.75) is 0 Å². The molecular weight excluding hydrogens is 342 g/mol. The second-order valence-electron chi connectivity index (χ2n) is 5.18. The molecule has 0 heterocycles. The number of amides is 2. The summed E-state index contributed by atoms with van der Waals surface area (Å²) in [6.45, 7) is 0.756. The summed E-state index contributed by atoms with van der Waals surface area (Å²) in [5.41, 5.74) is 0.887. The highest BCUT2D eigenvalue weighted by Crippen LogP contribution is 2.20. The first-order valence-corrected chi connectivity index (χ1v) is 7.90. The molecule has 25 heavy (non-hydrogen) atoms. The highest BCUT2D eigenvalue weighted by Gasteiger charge is 2.10. The number of urea groups is 1. The number of halogens is 1. The Morgan fingerprint density at radius 3 is 2.52 bits per heavy atom. The number of nitriles is 1. The smallest absolute Gasteiger partial charge is 0.321 e. The first kappa shape index (κ1) is 18.4. The van der Waals surface area contributed by atoms with Crippen molar-refractivity contribution in [2.24, 2.45) is 0 Å². The summed E-state index contributed by atoms with van der Waals surface area (Å²) >= 11 is 5.95. The quantitative estimate of drug-likeness (QED) is 0.852. The molecule has 0 aromatic heterocycles. The van der Waals surface area contributed by atoms with E-state index in [1.807, 2.05) is 6.07 Å². The number of hydrogen-bond acceptors (Lipinski definition) is 4. The second-order valence-corrected chi connectivity index (χ2v) is 5.59. The van der Waals surface area contributed by atoms with Gasteiger partial charge in [0.2, 0.25) is 0 Å². The predicted molar refractivity (Wildman–Crippen MR) is 96.3 cm³/mol. The molecule has 130 valence electrons. The summed E-state index contributed by atoms with van der Waals surface area (Å²) in [6, 6.07) is 13.6. The molecule has 0 bridgehead atoms. The van der Waals surface area contributed by atoms with E-state index in [1.54, 1.807) is 56.6 Å². The molecule has 1 N–H and O–H groups in total. The Balaban J connectivity index is 1.81. The van der Waals surface area contributed by atoms with Crippen molar-refractivity contribution in [3.63, 3.8) is 0 Å². The van der Waals surface area contributed by atoms with Crippen LogP contribution in [-0.4, -0.2) is 38.2 Å². The van der Waals surface area contributed by atoms with Crippen LogP contribution in [0.4, 0.5) is 10.5 Å². The monoisotopic (exact) mass is 359 g/mol. The molecular formula is C18H18ClN3O3. The van der Waals surface area contributed by atoms with Gasteiger partial charge in [0.05, 0.1) is 24.2 Å². The third-order valence-corrected chi connectivity index (χ3v) is 3.76. The van der Waals surface area contributed by atoms with Gasteiger partial charge >= 0.3 is 6.03 Å². The van der Waals surface area contributed by atoms with Gasteiger partial charge < -0.3 is 19.7 Å². The number of likely N-dealkylation sites (N-methyl/N-ethyl adjacent to an activating group) is 1. The van der Waals surface area contributed by atoms with Crippen LogP contribution in [-0.2, 0) is 0 Å². The highest BCUT2D eigenvalue weighted by molar-refractivity contribution is 6.32. The van der Waals surface area contributed by atoms with Gasteiger partial charge in [-0.1, -0.05) is 11.6 Å². The zero-order valence-electron chi connectivity index (χ0n) is 14.0. The summed E-state index contributed by atoms with van der Waals surface area (Å²) in [5.74, 6) is 1.46.